The first-order valence-electron chi connectivity index (χ1n) is 16.9. The third-order valence-electron chi connectivity index (χ3n) is 8.18. The lowest BCUT2D eigenvalue weighted by atomic mass is 9.95. The van der Waals surface area contributed by atoms with Crippen molar-refractivity contribution < 1.29 is 38.1 Å². The first-order valence-corrected chi connectivity index (χ1v) is 16.9. The molecule has 0 amide bonds. The zero-order valence-corrected chi connectivity index (χ0v) is 27.4. The van der Waals surface area contributed by atoms with Crippen molar-refractivity contribution in [2.45, 2.75) is 116 Å². The Labute approximate surface area is 269 Å². The molecule has 2 aromatic carbocycles. The van der Waals surface area contributed by atoms with Crippen LogP contribution in [0.5, 0.6) is 11.5 Å². The quantitative estimate of drug-likeness (QED) is 0.0822. The lowest BCUT2D eigenvalue weighted by Crippen LogP contribution is -2.29. The third-order valence-corrected chi connectivity index (χ3v) is 8.18. The zero-order chi connectivity index (χ0) is 32.3. The molecule has 1 saturated carbocycles. The molecule has 248 valence electrons. The molecule has 0 saturated heterocycles. The number of unbranched alkanes of at least 4 members (excludes halogenated alkanes) is 6. The van der Waals surface area contributed by atoms with Crippen LogP contribution in [-0.2, 0) is 19.0 Å². The van der Waals surface area contributed by atoms with Crippen LogP contribution in [0, 0.1) is 5.92 Å². The topological polar surface area (TPSA) is 97.4 Å². The van der Waals surface area contributed by atoms with E-state index in [1.165, 1.54) is 12.8 Å². The van der Waals surface area contributed by atoms with Gasteiger partial charge in [-0.25, -0.2) is 9.59 Å². The second-order valence-electron chi connectivity index (χ2n) is 11.9. The summed E-state index contributed by atoms with van der Waals surface area (Å²) >= 11 is 0. The number of esters is 3. The van der Waals surface area contributed by atoms with Crippen LogP contribution < -0.4 is 9.47 Å². The third kappa shape index (κ3) is 13.5. The van der Waals surface area contributed by atoms with Gasteiger partial charge in [0.25, 0.3) is 0 Å². The second kappa shape index (κ2) is 20.5. The summed E-state index contributed by atoms with van der Waals surface area (Å²) in [7, 11) is 0. The summed E-state index contributed by atoms with van der Waals surface area (Å²) in [6.45, 7) is 7.79. The van der Waals surface area contributed by atoms with Gasteiger partial charge in [-0.1, -0.05) is 40.0 Å². The minimum absolute atomic E-state index is 0.0363. The van der Waals surface area contributed by atoms with E-state index in [1.807, 2.05) is 26.0 Å². The van der Waals surface area contributed by atoms with Gasteiger partial charge >= 0.3 is 17.9 Å². The van der Waals surface area contributed by atoms with Gasteiger partial charge in [0.05, 0.1) is 36.9 Å². The molecular weight excluding hydrogens is 572 g/mol. The van der Waals surface area contributed by atoms with Gasteiger partial charge in [-0.3, -0.25) is 4.79 Å². The van der Waals surface area contributed by atoms with Gasteiger partial charge in [-0.15, -0.1) is 0 Å². The van der Waals surface area contributed by atoms with Crippen LogP contribution in [0.25, 0.3) is 0 Å². The Balaban J connectivity index is 1.27. The Kier molecular flexibility index (Phi) is 16.3. The highest BCUT2D eigenvalue weighted by molar-refractivity contribution is 5.90. The number of rotatable bonds is 20. The molecule has 0 aromatic heterocycles. The zero-order valence-electron chi connectivity index (χ0n) is 27.4. The number of benzene rings is 2. The first kappa shape index (κ1) is 35.9. The summed E-state index contributed by atoms with van der Waals surface area (Å²) in [5.74, 6) is 0.618. The van der Waals surface area contributed by atoms with E-state index in [4.69, 9.17) is 23.7 Å². The van der Waals surface area contributed by atoms with E-state index in [-0.39, 0.29) is 36.0 Å². The van der Waals surface area contributed by atoms with Crippen molar-refractivity contribution in [2.24, 2.45) is 5.92 Å². The number of hydrogen-bond donors (Lipinski definition) is 0. The molecule has 45 heavy (non-hydrogen) atoms. The van der Waals surface area contributed by atoms with Gasteiger partial charge in [0.1, 0.15) is 23.7 Å². The number of carbonyl (C=O) groups excluding carboxylic acids is 3. The number of carbonyl (C=O) groups is 3. The lowest BCUT2D eigenvalue weighted by molar-refractivity contribution is -0.148. The van der Waals surface area contributed by atoms with Crippen LogP contribution in [0.3, 0.4) is 0 Å². The molecule has 0 bridgehead atoms. The summed E-state index contributed by atoms with van der Waals surface area (Å²) in [6, 6.07) is 14.1. The van der Waals surface area contributed by atoms with E-state index >= 15 is 0 Å². The Hall–Kier alpha value is -3.55. The smallest absolute Gasteiger partial charge is 0.338 e. The maximum absolute atomic E-state index is 12.7. The molecule has 0 aliphatic heterocycles. The summed E-state index contributed by atoms with van der Waals surface area (Å²) in [5.41, 5.74) is 0.988. The molecule has 1 atom stereocenters. The van der Waals surface area contributed by atoms with Crippen molar-refractivity contribution in [1.82, 2.24) is 0 Å². The highest BCUT2D eigenvalue weighted by Crippen LogP contribution is 2.26. The molecule has 1 aliphatic carbocycles. The van der Waals surface area contributed by atoms with Gasteiger partial charge in [-0.05, 0) is 113 Å². The van der Waals surface area contributed by atoms with Crippen LogP contribution in [0.2, 0.25) is 0 Å². The maximum atomic E-state index is 12.7. The van der Waals surface area contributed by atoms with Crippen molar-refractivity contribution in [2.75, 3.05) is 19.8 Å². The van der Waals surface area contributed by atoms with E-state index < -0.39 is 0 Å². The number of ether oxygens (including phenoxy) is 5. The van der Waals surface area contributed by atoms with Crippen molar-refractivity contribution in [3.05, 3.63) is 59.7 Å². The van der Waals surface area contributed by atoms with Crippen molar-refractivity contribution in [3.63, 3.8) is 0 Å². The van der Waals surface area contributed by atoms with E-state index in [0.29, 0.717) is 62.4 Å². The van der Waals surface area contributed by atoms with E-state index in [1.54, 1.807) is 36.4 Å². The Morgan fingerprint density at radius 3 is 1.47 bits per heavy atom. The average Bonchev–Trinajstić information content (AvgIpc) is 3.06. The molecule has 1 fully saturated rings. The molecule has 1 unspecified atom stereocenters. The fourth-order valence-corrected chi connectivity index (χ4v) is 5.03. The summed E-state index contributed by atoms with van der Waals surface area (Å²) < 4.78 is 28.3. The highest BCUT2D eigenvalue weighted by Gasteiger charge is 2.27. The van der Waals surface area contributed by atoms with Crippen LogP contribution in [-0.4, -0.2) is 49.9 Å². The normalized spacial score (nSPS) is 16.8. The second-order valence-corrected chi connectivity index (χ2v) is 11.9. The monoisotopic (exact) mass is 624 g/mol. The fourth-order valence-electron chi connectivity index (χ4n) is 5.03. The largest absolute Gasteiger partial charge is 0.494 e. The summed E-state index contributed by atoms with van der Waals surface area (Å²) in [5, 5.41) is 0. The maximum Gasteiger partial charge on any atom is 0.338 e. The molecule has 0 spiro atoms. The van der Waals surface area contributed by atoms with Crippen molar-refractivity contribution in [3.8, 4) is 11.5 Å². The molecule has 8 nitrogen and oxygen atoms in total. The highest BCUT2D eigenvalue weighted by atomic mass is 16.6. The Morgan fingerprint density at radius 2 is 1.04 bits per heavy atom. The van der Waals surface area contributed by atoms with Crippen LogP contribution in [0.1, 0.15) is 125 Å². The molecule has 8 heteroatoms. The van der Waals surface area contributed by atoms with Gasteiger partial charge in [0, 0.05) is 0 Å². The van der Waals surface area contributed by atoms with E-state index in [0.717, 1.165) is 50.7 Å². The lowest BCUT2D eigenvalue weighted by Gasteiger charge is -2.28. The van der Waals surface area contributed by atoms with Crippen LogP contribution in [0.4, 0.5) is 0 Å². The minimum Gasteiger partial charge on any atom is -0.494 e. The van der Waals surface area contributed by atoms with Gasteiger partial charge in [0.2, 0.25) is 0 Å². The van der Waals surface area contributed by atoms with Gasteiger partial charge in [-0.2, -0.15) is 0 Å². The minimum atomic E-state index is -0.358. The van der Waals surface area contributed by atoms with Crippen molar-refractivity contribution in [1.29, 1.82) is 0 Å². The average molecular weight is 625 g/mol. The molecule has 3 rings (SSSR count). The van der Waals surface area contributed by atoms with Crippen molar-refractivity contribution >= 4 is 17.9 Å². The predicted molar refractivity (Wildman–Crippen MR) is 174 cm³/mol. The Bertz CT molecular complexity index is 1140. The number of hydrogen-bond acceptors (Lipinski definition) is 8. The predicted octanol–water partition coefficient (Wildman–Crippen LogP) is 8.50. The van der Waals surface area contributed by atoms with Crippen LogP contribution >= 0.6 is 0 Å². The van der Waals surface area contributed by atoms with Gasteiger partial charge in [0.15, 0.2) is 0 Å². The molecule has 2 aromatic rings. The summed E-state index contributed by atoms with van der Waals surface area (Å²) in [4.78, 5) is 37.0. The molecule has 0 N–H and O–H groups in total. The van der Waals surface area contributed by atoms with E-state index in [2.05, 4.69) is 6.92 Å². The summed E-state index contributed by atoms with van der Waals surface area (Å²) in [6.07, 6.45) is 11.3. The molecule has 0 radical (unpaired) electrons. The molecule has 1 aliphatic rings. The van der Waals surface area contributed by atoms with Gasteiger partial charge < -0.3 is 23.7 Å². The van der Waals surface area contributed by atoms with Crippen LogP contribution in [0.15, 0.2) is 48.5 Å². The fraction of sp³-hybridized carbons (Fsp3) is 0.595. The first-order chi connectivity index (χ1) is 21.9. The molecular formula is C37H52O8. The standard InChI is InChI=1S/C37H52O8/c1-4-6-7-10-25-41-31-17-13-29(14-18-31)36(39)44-33-21-23-34(24-22-33)45-37(40)30-15-19-32(20-16-30)42-26-11-8-9-12-27-43-35(38)28(3)5-2/h13-20,28,33-34H,4-12,21-27H2,1-3H3. The van der Waals surface area contributed by atoms with E-state index in [9.17, 15) is 14.4 Å². The Morgan fingerprint density at radius 1 is 0.622 bits per heavy atom. The SMILES string of the molecule is CCCCCCOc1ccc(C(=O)OC2CCC(OC(=O)c3ccc(OCCCCCCOC(=O)C(C)CC)cc3)CC2)cc1. The molecule has 0 heterocycles.